The van der Waals surface area contributed by atoms with E-state index >= 15 is 0 Å². The van der Waals surface area contributed by atoms with Gasteiger partial charge in [-0.25, -0.2) is 4.39 Å². The number of rotatable bonds is 3. The Bertz CT molecular complexity index is 789. The van der Waals surface area contributed by atoms with Crippen LogP contribution in [0.25, 0.3) is 11.0 Å². The van der Waals surface area contributed by atoms with Crippen LogP contribution in [-0.2, 0) is 6.42 Å². The van der Waals surface area contributed by atoms with Crippen LogP contribution >= 0.6 is 0 Å². The van der Waals surface area contributed by atoms with E-state index in [1.165, 1.54) is 12.1 Å². The van der Waals surface area contributed by atoms with Gasteiger partial charge in [0.1, 0.15) is 23.3 Å². The third kappa shape index (κ3) is 2.83. The zero-order chi connectivity index (χ0) is 15.0. The highest BCUT2D eigenvalue weighted by Gasteiger charge is 2.15. The third-order valence-electron chi connectivity index (χ3n) is 3.74. The first-order valence-corrected chi connectivity index (χ1v) is 6.96. The van der Waals surface area contributed by atoms with E-state index in [9.17, 15) is 9.50 Å². The smallest absolute Gasteiger partial charge is 0.134 e. The second-order valence-corrected chi connectivity index (χ2v) is 5.48. The molecule has 0 aliphatic heterocycles. The van der Waals surface area contributed by atoms with E-state index < -0.39 is 6.10 Å². The van der Waals surface area contributed by atoms with E-state index in [-0.39, 0.29) is 5.82 Å². The summed E-state index contributed by atoms with van der Waals surface area (Å²) < 4.78 is 18.8. The van der Waals surface area contributed by atoms with E-state index in [2.05, 4.69) is 0 Å². The van der Waals surface area contributed by atoms with Gasteiger partial charge in [0.25, 0.3) is 0 Å². The van der Waals surface area contributed by atoms with Crippen LogP contribution in [0.2, 0.25) is 0 Å². The number of aliphatic hydroxyl groups is 1. The first-order valence-electron chi connectivity index (χ1n) is 6.96. The van der Waals surface area contributed by atoms with Gasteiger partial charge in [-0.1, -0.05) is 17.7 Å². The lowest BCUT2D eigenvalue weighted by Crippen LogP contribution is -2.02. The van der Waals surface area contributed by atoms with E-state index in [1.54, 1.807) is 6.07 Å². The van der Waals surface area contributed by atoms with Crippen LogP contribution in [0.5, 0.6) is 0 Å². The molecule has 0 fully saturated rings. The van der Waals surface area contributed by atoms with Crippen LogP contribution in [-0.4, -0.2) is 5.11 Å². The Kier molecular flexibility index (Phi) is 3.52. The first kappa shape index (κ1) is 13.8. The van der Waals surface area contributed by atoms with Gasteiger partial charge in [0, 0.05) is 11.8 Å². The van der Waals surface area contributed by atoms with Crippen LogP contribution < -0.4 is 0 Å². The van der Waals surface area contributed by atoms with Crippen molar-refractivity contribution in [1.29, 1.82) is 0 Å². The third-order valence-corrected chi connectivity index (χ3v) is 3.74. The Morgan fingerprint density at radius 2 is 1.90 bits per heavy atom. The Morgan fingerprint density at radius 1 is 1.10 bits per heavy atom. The summed E-state index contributed by atoms with van der Waals surface area (Å²) in [5.74, 6) is 0.282. The van der Waals surface area contributed by atoms with E-state index in [4.69, 9.17) is 4.42 Å². The lowest BCUT2D eigenvalue weighted by molar-refractivity contribution is 0.152. The van der Waals surface area contributed by atoms with Gasteiger partial charge in [-0.05, 0) is 55.3 Å². The molecule has 1 N–H and O–H groups in total. The molecule has 1 unspecified atom stereocenters. The predicted molar refractivity (Wildman–Crippen MR) is 80.8 cm³/mol. The second kappa shape index (κ2) is 5.34. The number of fused-ring (bicyclic) bond motifs is 1. The maximum absolute atomic E-state index is 13.1. The molecule has 3 heteroatoms. The highest BCUT2D eigenvalue weighted by molar-refractivity contribution is 5.78. The highest BCUT2D eigenvalue weighted by atomic mass is 19.1. The van der Waals surface area contributed by atoms with Gasteiger partial charge in [0.05, 0.1) is 0 Å². The fraction of sp³-hybridized carbons (Fsp3) is 0.222. The number of hydrogen-bond donors (Lipinski definition) is 1. The molecule has 1 atom stereocenters. The van der Waals surface area contributed by atoms with Gasteiger partial charge in [-0.2, -0.15) is 0 Å². The number of aryl methyl sites for hydroxylation is 2. The molecule has 3 aromatic rings. The summed E-state index contributed by atoms with van der Waals surface area (Å²) in [6.07, 6.45) is -0.327. The van der Waals surface area contributed by atoms with Crippen molar-refractivity contribution < 1.29 is 13.9 Å². The Morgan fingerprint density at radius 3 is 2.67 bits per heavy atom. The van der Waals surface area contributed by atoms with Crippen molar-refractivity contribution in [3.8, 4) is 0 Å². The number of furan rings is 1. The molecule has 0 amide bonds. The van der Waals surface area contributed by atoms with Gasteiger partial charge >= 0.3 is 0 Å². The Balaban J connectivity index is 1.87. The van der Waals surface area contributed by atoms with Gasteiger partial charge in [-0.15, -0.1) is 0 Å². The van der Waals surface area contributed by atoms with E-state index in [0.717, 1.165) is 27.7 Å². The minimum Gasteiger partial charge on any atom is -0.458 e. The Hall–Kier alpha value is -2.13. The molecule has 1 heterocycles. The molecule has 0 bridgehead atoms. The molecule has 2 nitrogen and oxygen atoms in total. The maximum atomic E-state index is 13.1. The molecule has 3 rings (SSSR count). The van der Waals surface area contributed by atoms with Crippen molar-refractivity contribution in [2.24, 2.45) is 0 Å². The SMILES string of the molecule is Cc1ccc2oc(C(O)Cc3ccc(F)cc3C)cc2c1. The fourth-order valence-corrected chi connectivity index (χ4v) is 2.54. The molecule has 0 aliphatic carbocycles. The van der Waals surface area contributed by atoms with Gasteiger partial charge < -0.3 is 9.52 Å². The molecule has 21 heavy (non-hydrogen) atoms. The highest BCUT2D eigenvalue weighted by Crippen LogP contribution is 2.27. The van der Waals surface area contributed by atoms with Crippen LogP contribution in [0.4, 0.5) is 4.39 Å². The van der Waals surface area contributed by atoms with Crippen molar-refractivity contribution in [2.75, 3.05) is 0 Å². The average Bonchev–Trinajstić information content (AvgIpc) is 2.85. The van der Waals surface area contributed by atoms with Crippen LogP contribution in [0.3, 0.4) is 0 Å². The predicted octanol–water partition coefficient (Wildman–Crippen LogP) is 4.46. The molecule has 1 aromatic heterocycles. The minimum atomic E-state index is -0.734. The first-order chi connectivity index (χ1) is 10.0. The Labute approximate surface area is 122 Å². The van der Waals surface area contributed by atoms with Crippen LogP contribution in [0.1, 0.15) is 28.6 Å². The van der Waals surface area contributed by atoms with E-state index in [0.29, 0.717) is 12.2 Å². The fourth-order valence-electron chi connectivity index (χ4n) is 2.54. The summed E-state index contributed by atoms with van der Waals surface area (Å²) >= 11 is 0. The number of halogens is 1. The lowest BCUT2D eigenvalue weighted by atomic mass is 10.0. The number of aliphatic hydroxyl groups excluding tert-OH is 1. The summed E-state index contributed by atoms with van der Waals surface area (Å²) in [7, 11) is 0. The molecule has 108 valence electrons. The van der Waals surface area contributed by atoms with Crippen molar-refractivity contribution in [2.45, 2.75) is 26.4 Å². The zero-order valence-corrected chi connectivity index (χ0v) is 12.1. The van der Waals surface area contributed by atoms with E-state index in [1.807, 2.05) is 38.1 Å². The van der Waals surface area contributed by atoms with Crippen molar-refractivity contribution in [3.63, 3.8) is 0 Å². The van der Waals surface area contributed by atoms with Crippen molar-refractivity contribution >= 4 is 11.0 Å². The quantitative estimate of drug-likeness (QED) is 0.770. The molecule has 2 aromatic carbocycles. The van der Waals surface area contributed by atoms with Gasteiger partial charge in [0.2, 0.25) is 0 Å². The molecular formula is C18H17FO2. The molecule has 0 spiro atoms. The number of benzene rings is 2. The summed E-state index contributed by atoms with van der Waals surface area (Å²) in [4.78, 5) is 0. The largest absolute Gasteiger partial charge is 0.458 e. The summed E-state index contributed by atoms with van der Waals surface area (Å²) in [6, 6.07) is 12.4. The zero-order valence-electron chi connectivity index (χ0n) is 12.1. The number of hydrogen-bond acceptors (Lipinski definition) is 2. The van der Waals surface area contributed by atoms with Crippen molar-refractivity contribution in [3.05, 3.63) is 70.7 Å². The minimum absolute atomic E-state index is 0.259. The molecular weight excluding hydrogens is 267 g/mol. The topological polar surface area (TPSA) is 33.4 Å². The standard InChI is InChI=1S/C18H17FO2/c1-11-3-6-17-14(7-11)10-18(21-17)16(20)9-13-4-5-15(19)8-12(13)2/h3-8,10,16,20H,9H2,1-2H3. The molecule has 0 aliphatic rings. The molecule has 0 saturated heterocycles. The van der Waals surface area contributed by atoms with Crippen LogP contribution in [0, 0.1) is 19.7 Å². The average molecular weight is 284 g/mol. The lowest BCUT2D eigenvalue weighted by Gasteiger charge is -2.10. The van der Waals surface area contributed by atoms with Crippen molar-refractivity contribution in [1.82, 2.24) is 0 Å². The van der Waals surface area contributed by atoms with Gasteiger partial charge in [0.15, 0.2) is 0 Å². The van der Waals surface area contributed by atoms with Crippen LogP contribution in [0.15, 0.2) is 46.9 Å². The molecule has 0 radical (unpaired) electrons. The summed E-state index contributed by atoms with van der Waals surface area (Å²) in [5.41, 5.74) is 3.67. The monoisotopic (exact) mass is 284 g/mol. The summed E-state index contributed by atoms with van der Waals surface area (Å²) in [5, 5.41) is 11.3. The second-order valence-electron chi connectivity index (χ2n) is 5.48. The van der Waals surface area contributed by atoms with Gasteiger partial charge in [-0.3, -0.25) is 0 Å². The summed E-state index contributed by atoms with van der Waals surface area (Å²) in [6.45, 7) is 3.86. The maximum Gasteiger partial charge on any atom is 0.134 e. The normalized spacial score (nSPS) is 12.8. The molecule has 0 saturated carbocycles.